The standard InChI is InChI=1S/C22H39N5S/c1-19(17-27-13-11-26(3)12-14-27)16-24-21(23-2)25-18-22(9-5-4-6-10-22)20-8-7-15-28-20/h7-8,15,19H,4-6,9-14,16-18H2,1-3H3,(H2,23,24,25). The molecule has 0 spiro atoms. The molecule has 0 aromatic carbocycles. The molecular weight excluding hydrogens is 366 g/mol. The van der Waals surface area contributed by atoms with E-state index < -0.39 is 0 Å². The van der Waals surface area contributed by atoms with Gasteiger partial charge in [-0.3, -0.25) is 4.99 Å². The second-order valence-electron chi connectivity index (χ2n) is 8.83. The van der Waals surface area contributed by atoms with Crippen molar-refractivity contribution in [1.29, 1.82) is 0 Å². The third-order valence-corrected chi connectivity index (χ3v) is 7.57. The van der Waals surface area contributed by atoms with E-state index in [1.165, 1.54) is 58.3 Å². The molecule has 3 rings (SSSR count). The first-order valence-electron chi connectivity index (χ1n) is 11.0. The van der Waals surface area contributed by atoms with Crippen molar-refractivity contribution >= 4 is 17.3 Å². The van der Waals surface area contributed by atoms with Gasteiger partial charge in [-0.2, -0.15) is 0 Å². The molecule has 2 heterocycles. The fourth-order valence-electron chi connectivity index (χ4n) is 4.60. The highest BCUT2D eigenvalue weighted by Crippen LogP contribution is 2.41. The van der Waals surface area contributed by atoms with Crippen LogP contribution < -0.4 is 10.6 Å². The molecule has 1 aliphatic heterocycles. The molecule has 1 unspecified atom stereocenters. The summed E-state index contributed by atoms with van der Waals surface area (Å²) in [5, 5.41) is 9.45. The molecule has 6 heteroatoms. The minimum Gasteiger partial charge on any atom is -0.356 e. The second-order valence-corrected chi connectivity index (χ2v) is 9.78. The molecule has 158 valence electrons. The van der Waals surface area contributed by atoms with E-state index in [0.29, 0.717) is 5.92 Å². The number of likely N-dealkylation sites (N-methyl/N-ethyl adjacent to an activating group) is 1. The molecule has 28 heavy (non-hydrogen) atoms. The molecular formula is C22H39N5S. The molecule has 1 aromatic heterocycles. The second kappa shape index (κ2) is 10.6. The smallest absolute Gasteiger partial charge is 0.191 e. The highest BCUT2D eigenvalue weighted by atomic mass is 32.1. The van der Waals surface area contributed by atoms with E-state index in [4.69, 9.17) is 0 Å². The number of aliphatic imine (C=N–C) groups is 1. The van der Waals surface area contributed by atoms with E-state index in [2.05, 4.69) is 56.9 Å². The van der Waals surface area contributed by atoms with Gasteiger partial charge in [0.15, 0.2) is 5.96 Å². The number of thiophene rings is 1. The van der Waals surface area contributed by atoms with Crippen LogP contribution in [0.25, 0.3) is 0 Å². The van der Waals surface area contributed by atoms with Crippen LogP contribution in [-0.2, 0) is 5.41 Å². The Morgan fingerprint density at radius 1 is 1.18 bits per heavy atom. The van der Waals surface area contributed by atoms with Crippen molar-refractivity contribution in [2.75, 3.05) is 59.9 Å². The molecule has 1 atom stereocenters. The zero-order valence-corrected chi connectivity index (χ0v) is 18.9. The summed E-state index contributed by atoms with van der Waals surface area (Å²) in [7, 11) is 4.10. The highest BCUT2D eigenvalue weighted by molar-refractivity contribution is 7.10. The van der Waals surface area contributed by atoms with Crippen LogP contribution in [0.1, 0.15) is 43.9 Å². The molecule has 1 aliphatic carbocycles. The summed E-state index contributed by atoms with van der Waals surface area (Å²) < 4.78 is 0. The van der Waals surface area contributed by atoms with Crippen LogP contribution in [0, 0.1) is 5.92 Å². The van der Waals surface area contributed by atoms with Crippen LogP contribution in [0.5, 0.6) is 0 Å². The van der Waals surface area contributed by atoms with Gasteiger partial charge in [0.25, 0.3) is 0 Å². The molecule has 2 aliphatic rings. The summed E-state index contributed by atoms with van der Waals surface area (Å²) in [6, 6.07) is 4.52. The lowest BCUT2D eigenvalue weighted by Gasteiger charge is -2.37. The molecule has 2 fully saturated rings. The van der Waals surface area contributed by atoms with Crippen molar-refractivity contribution in [2.45, 2.75) is 44.4 Å². The summed E-state index contributed by atoms with van der Waals surface area (Å²) in [5.74, 6) is 1.56. The van der Waals surface area contributed by atoms with Crippen molar-refractivity contribution in [1.82, 2.24) is 20.4 Å². The molecule has 0 bridgehead atoms. The number of piperazine rings is 1. The number of hydrogen-bond acceptors (Lipinski definition) is 4. The molecule has 0 amide bonds. The van der Waals surface area contributed by atoms with Gasteiger partial charge in [0, 0.05) is 63.2 Å². The Morgan fingerprint density at radius 2 is 1.93 bits per heavy atom. The number of rotatable bonds is 7. The van der Waals surface area contributed by atoms with Crippen LogP contribution in [0.15, 0.2) is 22.5 Å². The number of hydrogen-bond donors (Lipinski definition) is 2. The normalized spacial score (nSPS) is 22.8. The monoisotopic (exact) mass is 405 g/mol. The van der Waals surface area contributed by atoms with Crippen LogP contribution in [0.4, 0.5) is 0 Å². The maximum absolute atomic E-state index is 4.49. The number of nitrogens with one attached hydrogen (secondary N) is 2. The average Bonchev–Trinajstić information content (AvgIpc) is 3.26. The molecule has 5 nitrogen and oxygen atoms in total. The van der Waals surface area contributed by atoms with E-state index in [1.54, 1.807) is 4.88 Å². The van der Waals surface area contributed by atoms with Gasteiger partial charge in [0.1, 0.15) is 0 Å². The van der Waals surface area contributed by atoms with Gasteiger partial charge in [-0.15, -0.1) is 11.3 Å². The van der Waals surface area contributed by atoms with E-state index in [1.807, 2.05) is 18.4 Å². The first-order chi connectivity index (χ1) is 13.6. The Hall–Kier alpha value is -1.11. The minimum atomic E-state index is 0.287. The zero-order chi connectivity index (χ0) is 19.8. The molecule has 1 saturated carbocycles. The first-order valence-corrected chi connectivity index (χ1v) is 11.9. The predicted octanol–water partition coefficient (Wildman–Crippen LogP) is 3.00. The first kappa shape index (κ1) is 21.6. The maximum Gasteiger partial charge on any atom is 0.191 e. The van der Waals surface area contributed by atoms with E-state index in [9.17, 15) is 0 Å². The lowest BCUT2D eigenvalue weighted by atomic mass is 9.73. The maximum atomic E-state index is 4.49. The fourth-order valence-corrected chi connectivity index (χ4v) is 5.59. The largest absolute Gasteiger partial charge is 0.356 e. The third-order valence-electron chi connectivity index (χ3n) is 6.46. The van der Waals surface area contributed by atoms with Crippen LogP contribution in [-0.4, -0.2) is 75.7 Å². The van der Waals surface area contributed by atoms with Gasteiger partial charge in [-0.25, -0.2) is 0 Å². The van der Waals surface area contributed by atoms with Crippen LogP contribution in [0.3, 0.4) is 0 Å². The van der Waals surface area contributed by atoms with Gasteiger partial charge in [-0.05, 0) is 37.3 Å². The van der Waals surface area contributed by atoms with E-state index in [-0.39, 0.29) is 5.41 Å². The third kappa shape index (κ3) is 5.94. The van der Waals surface area contributed by atoms with Crippen molar-refractivity contribution < 1.29 is 0 Å². The topological polar surface area (TPSA) is 42.9 Å². The summed E-state index contributed by atoms with van der Waals surface area (Å²) in [6.07, 6.45) is 6.64. The van der Waals surface area contributed by atoms with E-state index in [0.717, 1.165) is 25.6 Å². The molecule has 1 saturated heterocycles. The van der Waals surface area contributed by atoms with E-state index >= 15 is 0 Å². The Bertz CT molecular complexity index is 586. The lowest BCUT2D eigenvalue weighted by molar-refractivity contribution is 0.139. The van der Waals surface area contributed by atoms with Crippen molar-refractivity contribution in [3.8, 4) is 0 Å². The lowest BCUT2D eigenvalue weighted by Crippen LogP contribution is -2.49. The quantitative estimate of drug-likeness (QED) is 0.541. The van der Waals surface area contributed by atoms with Gasteiger partial charge in [0.05, 0.1) is 0 Å². The Morgan fingerprint density at radius 3 is 2.57 bits per heavy atom. The minimum absolute atomic E-state index is 0.287. The SMILES string of the molecule is CN=C(NCC(C)CN1CCN(C)CC1)NCC1(c2cccs2)CCCCC1. The van der Waals surface area contributed by atoms with Crippen LogP contribution in [0.2, 0.25) is 0 Å². The average molecular weight is 406 g/mol. The summed E-state index contributed by atoms with van der Waals surface area (Å²) >= 11 is 1.92. The molecule has 0 radical (unpaired) electrons. The summed E-state index contributed by atoms with van der Waals surface area (Å²) in [5.41, 5.74) is 0.287. The van der Waals surface area contributed by atoms with Crippen molar-refractivity contribution in [2.24, 2.45) is 10.9 Å². The van der Waals surface area contributed by atoms with Crippen LogP contribution >= 0.6 is 11.3 Å². The number of guanidine groups is 1. The fraction of sp³-hybridized carbons (Fsp3) is 0.773. The Kier molecular flexibility index (Phi) is 8.18. The van der Waals surface area contributed by atoms with Gasteiger partial charge >= 0.3 is 0 Å². The molecule has 2 N–H and O–H groups in total. The molecule has 1 aromatic rings. The summed E-state index contributed by atoms with van der Waals surface area (Å²) in [4.78, 5) is 11.0. The Balaban J connectivity index is 1.46. The summed E-state index contributed by atoms with van der Waals surface area (Å²) in [6.45, 7) is 10.2. The predicted molar refractivity (Wildman–Crippen MR) is 122 cm³/mol. The van der Waals surface area contributed by atoms with Crippen molar-refractivity contribution in [3.05, 3.63) is 22.4 Å². The van der Waals surface area contributed by atoms with Gasteiger partial charge < -0.3 is 20.4 Å². The van der Waals surface area contributed by atoms with Gasteiger partial charge in [-0.1, -0.05) is 32.3 Å². The highest BCUT2D eigenvalue weighted by Gasteiger charge is 2.34. The van der Waals surface area contributed by atoms with Gasteiger partial charge in [0.2, 0.25) is 0 Å². The Labute approximate surface area is 175 Å². The van der Waals surface area contributed by atoms with Crippen molar-refractivity contribution in [3.63, 3.8) is 0 Å². The zero-order valence-electron chi connectivity index (χ0n) is 18.0. The number of nitrogens with zero attached hydrogens (tertiary/aromatic N) is 3.